The molecule has 0 unspecified atom stereocenters. The number of nitrogens with zero attached hydrogens (tertiary/aromatic N) is 2. The van der Waals surface area contributed by atoms with E-state index < -0.39 is 5.97 Å². The first-order valence-corrected chi connectivity index (χ1v) is 9.83. The summed E-state index contributed by atoms with van der Waals surface area (Å²) < 4.78 is 5.42. The zero-order valence-corrected chi connectivity index (χ0v) is 17.3. The highest BCUT2D eigenvalue weighted by Gasteiger charge is 2.20. The molecule has 2 N–H and O–H groups in total. The third-order valence-electron chi connectivity index (χ3n) is 5.17. The summed E-state index contributed by atoms with van der Waals surface area (Å²) in [5.41, 5.74) is 9.77. The SMILES string of the molecule is Cc1ccc(C(=O)c2ccccc2C(=O)OCc2nc(N)c3ccccc3n2)cc1C. The molecule has 1 heterocycles. The van der Waals surface area contributed by atoms with Crippen LogP contribution in [0.25, 0.3) is 10.9 Å². The number of para-hydroxylation sites is 1. The van der Waals surface area contributed by atoms with Gasteiger partial charge in [0.2, 0.25) is 0 Å². The molecular weight excluding hydrogens is 390 g/mol. The number of aromatic nitrogens is 2. The van der Waals surface area contributed by atoms with E-state index in [4.69, 9.17) is 10.5 Å². The molecule has 0 aliphatic carbocycles. The summed E-state index contributed by atoms with van der Waals surface area (Å²) in [6, 6.07) is 19.4. The van der Waals surface area contributed by atoms with Crippen LogP contribution in [0.1, 0.15) is 43.2 Å². The Kier molecular flexibility index (Phi) is 5.45. The molecule has 4 rings (SSSR count). The summed E-state index contributed by atoms with van der Waals surface area (Å²) in [6.07, 6.45) is 0. The van der Waals surface area contributed by atoms with Gasteiger partial charge in [0.1, 0.15) is 5.82 Å². The number of hydrogen-bond acceptors (Lipinski definition) is 6. The fraction of sp³-hybridized carbons (Fsp3) is 0.120. The molecule has 0 aliphatic rings. The van der Waals surface area contributed by atoms with Crippen LogP contribution in [-0.2, 0) is 11.3 Å². The minimum Gasteiger partial charge on any atom is -0.454 e. The van der Waals surface area contributed by atoms with Crippen molar-refractivity contribution in [3.8, 4) is 0 Å². The number of esters is 1. The third-order valence-corrected chi connectivity index (χ3v) is 5.17. The van der Waals surface area contributed by atoms with Crippen molar-refractivity contribution in [2.75, 3.05) is 5.73 Å². The van der Waals surface area contributed by atoms with Crippen LogP contribution in [0.15, 0.2) is 66.7 Å². The highest BCUT2D eigenvalue weighted by Crippen LogP contribution is 2.20. The first-order chi connectivity index (χ1) is 14.9. The highest BCUT2D eigenvalue weighted by atomic mass is 16.5. The average Bonchev–Trinajstić information content (AvgIpc) is 2.79. The lowest BCUT2D eigenvalue weighted by molar-refractivity contribution is 0.0460. The van der Waals surface area contributed by atoms with E-state index in [2.05, 4.69) is 9.97 Å². The number of carbonyl (C=O) groups excluding carboxylic acids is 2. The monoisotopic (exact) mass is 411 g/mol. The van der Waals surface area contributed by atoms with Crippen LogP contribution < -0.4 is 5.73 Å². The van der Waals surface area contributed by atoms with Gasteiger partial charge in [0, 0.05) is 16.5 Å². The van der Waals surface area contributed by atoms with E-state index in [0.29, 0.717) is 22.7 Å². The molecule has 1 aromatic heterocycles. The second kappa shape index (κ2) is 8.36. The number of anilines is 1. The smallest absolute Gasteiger partial charge is 0.339 e. The number of carbonyl (C=O) groups is 2. The number of ketones is 1. The molecule has 3 aromatic carbocycles. The zero-order chi connectivity index (χ0) is 22.0. The molecule has 0 saturated carbocycles. The van der Waals surface area contributed by atoms with E-state index in [-0.39, 0.29) is 23.5 Å². The van der Waals surface area contributed by atoms with E-state index >= 15 is 0 Å². The van der Waals surface area contributed by atoms with Gasteiger partial charge in [0.05, 0.1) is 11.1 Å². The summed E-state index contributed by atoms with van der Waals surface area (Å²) in [4.78, 5) is 34.4. The van der Waals surface area contributed by atoms with Crippen LogP contribution in [0.4, 0.5) is 5.82 Å². The molecule has 0 aliphatic heterocycles. The second-order valence-corrected chi connectivity index (χ2v) is 7.29. The van der Waals surface area contributed by atoms with Crippen molar-refractivity contribution in [3.05, 3.63) is 100 Å². The molecule has 6 nitrogen and oxygen atoms in total. The Balaban J connectivity index is 1.57. The molecule has 0 spiro atoms. The van der Waals surface area contributed by atoms with Gasteiger partial charge in [-0.05, 0) is 49.2 Å². The van der Waals surface area contributed by atoms with Gasteiger partial charge in [-0.1, -0.05) is 42.5 Å². The van der Waals surface area contributed by atoms with E-state index in [9.17, 15) is 9.59 Å². The minimum atomic E-state index is -0.622. The lowest BCUT2D eigenvalue weighted by Gasteiger charge is -2.10. The van der Waals surface area contributed by atoms with Gasteiger partial charge in [-0.25, -0.2) is 14.8 Å². The number of fused-ring (bicyclic) bond motifs is 1. The van der Waals surface area contributed by atoms with Crippen LogP contribution in [0, 0.1) is 13.8 Å². The molecule has 0 atom stereocenters. The van der Waals surface area contributed by atoms with E-state index in [0.717, 1.165) is 16.5 Å². The molecule has 154 valence electrons. The van der Waals surface area contributed by atoms with Crippen molar-refractivity contribution < 1.29 is 14.3 Å². The van der Waals surface area contributed by atoms with E-state index in [1.165, 1.54) is 0 Å². The second-order valence-electron chi connectivity index (χ2n) is 7.29. The third kappa shape index (κ3) is 4.14. The maximum absolute atomic E-state index is 13.1. The molecular formula is C25H21N3O3. The highest BCUT2D eigenvalue weighted by molar-refractivity contribution is 6.14. The molecule has 0 saturated heterocycles. The summed E-state index contributed by atoms with van der Waals surface area (Å²) >= 11 is 0. The Bertz CT molecular complexity index is 1310. The minimum absolute atomic E-state index is 0.153. The summed E-state index contributed by atoms with van der Waals surface area (Å²) in [5, 5.41) is 0.738. The van der Waals surface area contributed by atoms with Gasteiger partial charge < -0.3 is 10.5 Å². The predicted molar refractivity (Wildman–Crippen MR) is 119 cm³/mol. The van der Waals surface area contributed by atoms with Gasteiger partial charge in [0.15, 0.2) is 18.2 Å². The number of nitrogen functional groups attached to an aromatic ring is 1. The van der Waals surface area contributed by atoms with Crippen molar-refractivity contribution in [2.24, 2.45) is 0 Å². The summed E-state index contributed by atoms with van der Waals surface area (Å²) in [6.45, 7) is 3.78. The number of nitrogens with two attached hydrogens (primary N) is 1. The van der Waals surface area contributed by atoms with Crippen molar-refractivity contribution in [1.29, 1.82) is 0 Å². The van der Waals surface area contributed by atoms with Crippen molar-refractivity contribution in [3.63, 3.8) is 0 Å². The number of ether oxygens (including phenoxy) is 1. The Labute approximate surface area is 179 Å². The summed E-state index contributed by atoms with van der Waals surface area (Å²) in [7, 11) is 0. The Morgan fingerprint density at radius 2 is 1.58 bits per heavy atom. The number of rotatable bonds is 5. The molecule has 6 heteroatoms. The number of hydrogen-bond donors (Lipinski definition) is 1. The summed E-state index contributed by atoms with van der Waals surface area (Å²) in [5.74, 6) is -0.241. The lowest BCUT2D eigenvalue weighted by atomic mass is 9.96. The van der Waals surface area contributed by atoms with E-state index in [1.54, 1.807) is 30.3 Å². The maximum atomic E-state index is 13.1. The van der Waals surface area contributed by atoms with Gasteiger partial charge >= 0.3 is 5.97 Å². The predicted octanol–water partition coefficient (Wildman–Crippen LogP) is 4.42. The Morgan fingerprint density at radius 3 is 2.35 bits per heavy atom. The standard InChI is InChI=1S/C25H21N3O3/c1-15-11-12-17(13-16(15)2)23(29)18-7-3-4-8-19(18)25(30)31-14-22-27-21-10-6-5-9-20(21)24(26)28-22/h3-13H,14H2,1-2H3,(H2,26,27,28). The topological polar surface area (TPSA) is 95.2 Å². The molecule has 4 aromatic rings. The Morgan fingerprint density at radius 1 is 0.871 bits per heavy atom. The quantitative estimate of drug-likeness (QED) is 0.386. The number of aryl methyl sites for hydroxylation is 2. The molecule has 0 amide bonds. The first kappa shape index (κ1) is 20.2. The molecule has 31 heavy (non-hydrogen) atoms. The van der Waals surface area contributed by atoms with Crippen molar-refractivity contribution >= 4 is 28.5 Å². The van der Waals surface area contributed by atoms with Gasteiger partial charge in [0.25, 0.3) is 0 Å². The van der Waals surface area contributed by atoms with Crippen LogP contribution in [0.5, 0.6) is 0 Å². The van der Waals surface area contributed by atoms with Gasteiger partial charge in [-0.15, -0.1) is 0 Å². The fourth-order valence-electron chi connectivity index (χ4n) is 3.32. The normalized spacial score (nSPS) is 10.8. The average molecular weight is 411 g/mol. The van der Waals surface area contributed by atoms with Gasteiger partial charge in [-0.2, -0.15) is 0 Å². The van der Waals surface area contributed by atoms with Crippen LogP contribution in [-0.4, -0.2) is 21.7 Å². The first-order valence-electron chi connectivity index (χ1n) is 9.83. The Hall–Kier alpha value is -4.06. The van der Waals surface area contributed by atoms with E-state index in [1.807, 2.05) is 50.2 Å². The molecule has 0 bridgehead atoms. The van der Waals surface area contributed by atoms with Crippen LogP contribution in [0.3, 0.4) is 0 Å². The van der Waals surface area contributed by atoms with Gasteiger partial charge in [-0.3, -0.25) is 4.79 Å². The molecule has 0 fully saturated rings. The van der Waals surface area contributed by atoms with Crippen LogP contribution in [0.2, 0.25) is 0 Å². The number of benzene rings is 3. The molecule has 0 radical (unpaired) electrons. The van der Waals surface area contributed by atoms with Crippen LogP contribution >= 0.6 is 0 Å². The largest absolute Gasteiger partial charge is 0.454 e. The fourth-order valence-corrected chi connectivity index (χ4v) is 3.32. The maximum Gasteiger partial charge on any atom is 0.339 e. The van der Waals surface area contributed by atoms with Crippen molar-refractivity contribution in [2.45, 2.75) is 20.5 Å². The van der Waals surface area contributed by atoms with Crippen molar-refractivity contribution in [1.82, 2.24) is 9.97 Å². The lowest BCUT2D eigenvalue weighted by Crippen LogP contribution is -2.14. The zero-order valence-electron chi connectivity index (χ0n) is 17.3.